The van der Waals surface area contributed by atoms with Gasteiger partial charge >= 0.3 is 0 Å². The minimum Gasteiger partial charge on any atom is -0.490 e. The van der Waals surface area contributed by atoms with Gasteiger partial charge in [0.1, 0.15) is 0 Å². The van der Waals surface area contributed by atoms with Crippen molar-refractivity contribution in [2.24, 2.45) is 0 Å². The Bertz CT molecular complexity index is 879. The number of fused-ring (bicyclic) bond motifs is 1. The Balaban J connectivity index is 1.82. The summed E-state index contributed by atoms with van der Waals surface area (Å²) in [4.78, 5) is 26.4. The summed E-state index contributed by atoms with van der Waals surface area (Å²) in [6.45, 7) is 7.06. The van der Waals surface area contributed by atoms with Gasteiger partial charge in [-0.3, -0.25) is 9.59 Å². The molecule has 6 heteroatoms. The maximum Gasteiger partial charge on any atom is 0.255 e. The van der Waals surface area contributed by atoms with Gasteiger partial charge in [0.05, 0.1) is 13.2 Å². The van der Waals surface area contributed by atoms with E-state index in [0.29, 0.717) is 42.5 Å². The van der Waals surface area contributed by atoms with Gasteiger partial charge in [-0.05, 0) is 62.6 Å². The number of anilines is 2. The minimum absolute atomic E-state index is 0.0114. The maximum atomic E-state index is 12.7. The highest BCUT2D eigenvalue weighted by molar-refractivity contribution is 6.05. The number of rotatable bonds is 6. The van der Waals surface area contributed by atoms with Crippen molar-refractivity contribution in [2.75, 3.05) is 30.0 Å². The van der Waals surface area contributed by atoms with E-state index in [4.69, 9.17) is 9.47 Å². The average Bonchev–Trinajstić information content (AvgIpc) is 2.69. The number of nitrogens with zero attached hydrogens (tertiary/aromatic N) is 1. The SMILES string of the molecule is CCOc1ccc(C(=O)Nc2ccc3c(c2)N(C(C)=O)CCC3)cc1OCC. The van der Waals surface area contributed by atoms with E-state index in [1.165, 1.54) is 0 Å². The fraction of sp³-hybridized carbons (Fsp3) is 0.364. The second-order valence-electron chi connectivity index (χ2n) is 6.60. The summed E-state index contributed by atoms with van der Waals surface area (Å²) in [5.41, 5.74) is 3.13. The number of carbonyl (C=O) groups is 2. The maximum absolute atomic E-state index is 12.7. The van der Waals surface area contributed by atoms with Crippen LogP contribution in [0.3, 0.4) is 0 Å². The van der Waals surface area contributed by atoms with Crippen LogP contribution >= 0.6 is 0 Å². The zero-order valence-electron chi connectivity index (χ0n) is 16.6. The molecule has 6 nitrogen and oxygen atoms in total. The monoisotopic (exact) mass is 382 g/mol. The zero-order chi connectivity index (χ0) is 20.1. The van der Waals surface area contributed by atoms with Crippen LogP contribution in [0.5, 0.6) is 11.5 Å². The molecule has 0 spiro atoms. The molecule has 2 aromatic rings. The molecule has 1 N–H and O–H groups in total. The second kappa shape index (κ2) is 8.78. The Morgan fingerprint density at radius 2 is 1.79 bits per heavy atom. The zero-order valence-corrected chi connectivity index (χ0v) is 16.6. The molecule has 0 bridgehead atoms. The van der Waals surface area contributed by atoms with Crippen LogP contribution in [-0.2, 0) is 11.2 Å². The minimum atomic E-state index is -0.242. The fourth-order valence-electron chi connectivity index (χ4n) is 3.38. The molecule has 0 saturated heterocycles. The first kappa shape index (κ1) is 19.7. The lowest BCUT2D eigenvalue weighted by Gasteiger charge is -2.29. The van der Waals surface area contributed by atoms with Crippen LogP contribution < -0.4 is 19.7 Å². The highest BCUT2D eigenvalue weighted by atomic mass is 16.5. The van der Waals surface area contributed by atoms with Crippen LogP contribution in [0.1, 0.15) is 43.1 Å². The summed E-state index contributed by atoms with van der Waals surface area (Å²) in [7, 11) is 0. The third kappa shape index (κ3) is 4.27. The molecule has 0 unspecified atom stereocenters. The van der Waals surface area contributed by atoms with Crippen molar-refractivity contribution in [1.29, 1.82) is 0 Å². The predicted molar refractivity (Wildman–Crippen MR) is 110 cm³/mol. The van der Waals surface area contributed by atoms with E-state index in [1.807, 2.05) is 32.0 Å². The topological polar surface area (TPSA) is 67.9 Å². The first-order chi connectivity index (χ1) is 13.5. The van der Waals surface area contributed by atoms with Crippen LogP contribution in [0.4, 0.5) is 11.4 Å². The van der Waals surface area contributed by atoms with Crippen LogP contribution in [0.25, 0.3) is 0 Å². The van der Waals surface area contributed by atoms with Crippen molar-refractivity contribution < 1.29 is 19.1 Å². The number of amides is 2. The number of aryl methyl sites for hydroxylation is 1. The molecule has 2 aromatic carbocycles. The Morgan fingerprint density at radius 1 is 1.04 bits per heavy atom. The molecule has 0 aromatic heterocycles. The molecule has 1 aliphatic heterocycles. The van der Waals surface area contributed by atoms with Gasteiger partial charge in [-0.1, -0.05) is 6.07 Å². The van der Waals surface area contributed by atoms with E-state index in [0.717, 1.165) is 24.1 Å². The Labute approximate surface area is 165 Å². The summed E-state index contributed by atoms with van der Waals surface area (Å²) < 4.78 is 11.1. The third-order valence-corrected chi connectivity index (χ3v) is 4.65. The molecule has 1 aliphatic rings. The Morgan fingerprint density at radius 3 is 2.50 bits per heavy atom. The second-order valence-corrected chi connectivity index (χ2v) is 6.60. The van der Waals surface area contributed by atoms with Crippen molar-refractivity contribution in [2.45, 2.75) is 33.6 Å². The molecule has 148 valence electrons. The van der Waals surface area contributed by atoms with Gasteiger partial charge in [0.2, 0.25) is 5.91 Å². The molecular weight excluding hydrogens is 356 g/mol. The highest BCUT2D eigenvalue weighted by Crippen LogP contribution is 2.31. The average molecular weight is 382 g/mol. The third-order valence-electron chi connectivity index (χ3n) is 4.65. The van der Waals surface area contributed by atoms with Crippen LogP contribution in [0.15, 0.2) is 36.4 Å². The van der Waals surface area contributed by atoms with Gasteiger partial charge in [0, 0.05) is 30.4 Å². The molecule has 0 radical (unpaired) electrons. The highest BCUT2D eigenvalue weighted by Gasteiger charge is 2.21. The van der Waals surface area contributed by atoms with Crippen LogP contribution in [0, 0.1) is 0 Å². The van der Waals surface area contributed by atoms with E-state index in [2.05, 4.69) is 5.32 Å². The molecule has 2 amide bonds. The van der Waals surface area contributed by atoms with E-state index in [9.17, 15) is 9.59 Å². The van der Waals surface area contributed by atoms with Crippen molar-refractivity contribution in [3.63, 3.8) is 0 Å². The molecule has 1 heterocycles. The Hall–Kier alpha value is -3.02. The first-order valence-corrected chi connectivity index (χ1v) is 9.65. The van der Waals surface area contributed by atoms with E-state index in [-0.39, 0.29) is 11.8 Å². The largest absolute Gasteiger partial charge is 0.490 e. The van der Waals surface area contributed by atoms with Crippen molar-refractivity contribution in [3.8, 4) is 11.5 Å². The number of hydrogen-bond donors (Lipinski definition) is 1. The van der Waals surface area contributed by atoms with Gasteiger partial charge in [0.25, 0.3) is 5.91 Å². The predicted octanol–water partition coefficient (Wildman–Crippen LogP) is 4.04. The lowest BCUT2D eigenvalue weighted by Crippen LogP contribution is -2.33. The summed E-state index contributed by atoms with van der Waals surface area (Å²) in [5.74, 6) is 0.934. The van der Waals surface area contributed by atoms with Crippen molar-refractivity contribution >= 4 is 23.2 Å². The van der Waals surface area contributed by atoms with Crippen molar-refractivity contribution in [1.82, 2.24) is 0 Å². The molecule has 0 saturated carbocycles. The quantitative estimate of drug-likeness (QED) is 0.819. The van der Waals surface area contributed by atoms with E-state index in [1.54, 1.807) is 30.0 Å². The van der Waals surface area contributed by atoms with Gasteiger partial charge in [0.15, 0.2) is 11.5 Å². The molecule has 28 heavy (non-hydrogen) atoms. The standard InChI is InChI=1S/C22H26N2O4/c1-4-27-20-11-9-17(13-21(20)28-5-2)22(26)23-18-10-8-16-7-6-12-24(15(3)25)19(16)14-18/h8-11,13-14H,4-7,12H2,1-3H3,(H,23,26). The van der Waals surface area contributed by atoms with Gasteiger partial charge < -0.3 is 19.7 Å². The molecule has 0 fully saturated rings. The molecule has 0 aliphatic carbocycles. The smallest absolute Gasteiger partial charge is 0.255 e. The number of carbonyl (C=O) groups excluding carboxylic acids is 2. The lowest BCUT2D eigenvalue weighted by molar-refractivity contribution is -0.116. The summed E-state index contributed by atoms with van der Waals surface area (Å²) in [5, 5.41) is 2.92. The van der Waals surface area contributed by atoms with Crippen LogP contribution in [-0.4, -0.2) is 31.6 Å². The number of benzene rings is 2. The molecule has 3 rings (SSSR count). The van der Waals surface area contributed by atoms with Gasteiger partial charge in [-0.25, -0.2) is 0 Å². The number of nitrogens with one attached hydrogen (secondary N) is 1. The summed E-state index contributed by atoms with van der Waals surface area (Å²) in [6.07, 6.45) is 1.88. The van der Waals surface area contributed by atoms with Crippen molar-refractivity contribution in [3.05, 3.63) is 47.5 Å². The van der Waals surface area contributed by atoms with E-state index >= 15 is 0 Å². The summed E-state index contributed by atoms with van der Waals surface area (Å²) >= 11 is 0. The van der Waals surface area contributed by atoms with Gasteiger partial charge in [-0.15, -0.1) is 0 Å². The fourth-order valence-corrected chi connectivity index (χ4v) is 3.38. The Kier molecular flexibility index (Phi) is 6.19. The lowest BCUT2D eigenvalue weighted by atomic mass is 10.0. The van der Waals surface area contributed by atoms with E-state index < -0.39 is 0 Å². The number of hydrogen-bond acceptors (Lipinski definition) is 4. The first-order valence-electron chi connectivity index (χ1n) is 9.65. The number of ether oxygens (including phenoxy) is 2. The molecule has 0 atom stereocenters. The normalized spacial score (nSPS) is 12.9. The molecular formula is C22H26N2O4. The van der Waals surface area contributed by atoms with Gasteiger partial charge in [-0.2, -0.15) is 0 Å². The van der Waals surface area contributed by atoms with Crippen LogP contribution in [0.2, 0.25) is 0 Å². The summed E-state index contributed by atoms with van der Waals surface area (Å²) in [6, 6.07) is 10.9.